The maximum atomic E-state index is 11.9. The summed E-state index contributed by atoms with van der Waals surface area (Å²) in [4.78, 5) is 23.8. The third kappa shape index (κ3) is 5.54. The number of anilines is 1. The van der Waals surface area contributed by atoms with Crippen molar-refractivity contribution in [1.82, 2.24) is 5.32 Å². The Kier molecular flexibility index (Phi) is 6.13. The van der Waals surface area contributed by atoms with Gasteiger partial charge in [-0.1, -0.05) is 55.8 Å². The van der Waals surface area contributed by atoms with E-state index in [0.29, 0.717) is 5.92 Å². The van der Waals surface area contributed by atoms with Crippen LogP contribution in [0.25, 0.3) is 0 Å². The number of aryl methyl sites for hydroxylation is 1. The number of hydrogen-bond donors (Lipinski definition) is 2. The Hall–Kier alpha value is -2.62. The second kappa shape index (κ2) is 8.29. The third-order valence-corrected chi connectivity index (χ3v) is 3.75. The van der Waals surface area contributed by atoms with Gasteiger partial charge in [0.2, 0.25) is 11.8 Å². The van der Waals surface area contributed by atoms with Crippen molar-refractivity contribution in [2.45, 2.75) is 33.1 Å². The van der Waals surface area contributed by atoms with Crippen LogP contribution in [0.1, 0.15) is 36.5 Å². The van der Waals surface area contributed by atoms with Gasteiger partial charge in [0.1, 0.15) is 0 Å². The topological polar surface area (TPSA) is 58.2 Å². The standard InChI is InChI=1S/C20H24N2O2/c1-14(2)17-7-9-18(10-8-17)22-20(24)13-21-19(23)12-16-6-4-5-15(3)11-16/h4-11,14H,12-13H2,1-3H3,(H,21,23)(H,22,24). The fourth-order valence-electron chi connectivity index (χ4n) is 2.41. The van der Waals surface area contributed by atoms with Gasteiger partial charge in [-0.3, -0.25) is 9.59 Å². The number of amides is 2. The number of hydrogen-bond acceptors (Lipinski definition) is 2. The van der Waals surface area contributed by atoms with E-state index in [0.717, 1.165) is 16.8 Å². The van der Waals surface area contributed by atoms with Gasteiger partial charge < -0.3 is 10.6 Å². The number of carbonyl (C=O) groups excluding carboxylic acids is 2. The molecular weight excluding hydrogens is 300 g/mol. The van der Waals surface area contributed by atoms with Gasteiger partial charge in [0.15, 0.2) is 0 Å². The summed E-state index contributed by atoms with van der Waals surface area (Å²) in [5, 5.41) is 5.43. The van der Waals surface area contributed by atoms with Crippen molar-refractivity contribution in [2.75, 3.05) is 11.9 Å². The highest BCUT2D eigenvalue weighted by atomic mass is 16.2. The van der Waals surface area contributed by atoms with Crippen LogP contribution in [0.4, 0.5) is 5.69 Å². The lowest BCUT2D eigenvalue weighted by molar-refractivity contribution is -0.123. The molecule has 2 amide bonds. The van der Waals surface area contributed by atoms with E-state index in [9.17, 15) is 9.59 Å². The normalized spacial score (nSPS) is 10.5. The smallest absolute Gasteiger partial charge is 0.243 e. The molecule has 2 rings (SSSR count). The molecule has 0 radical (unpaired) electrons. The van der Waals surface area contributed by atoms with Gasteiger partial charge in [-0.2, -0.15) is 0 Å². The Labute approximate surface area is 143 Å². The summed E-state index contributed by atoms with van der Waals surface area (Å²) in [6.45, 7) is 6.20. The van der Waals surface area contributed by atoms with Crippen LogP contribution in [0.15, 0.2) is 48.5 Å². The second-order valence-corrected chi connectivity index (χ2v) is 6.27. The van der Waals surface area contributed by atoms with Gasteiger partial charge >= 0.3 is 0 Å². The van der Waals surface area contributed by atoms with Crippen LogP contribution in [-0.2, 0) is 16.0 Å². The van der Waals surface area contributed by atoms with E-state index in [-0.39, 0.29) is 24.8 Å². The Morgan fingerprint density at radius 1 is 1.00 bits per heavy atom. The summed E-state index contributed by atoms with van der Waals surface area (Å²) in [6, 6.07) is 15.5. The van der Waals surface area contributed by atoms with E-state index in [1.54, 1.807) is 0 Å². The zero-order valence-electron chi connectivity index (χ0n) is 14.4. The maximum Gasteiger partial charge on any atom is 0.243 e. The predicted octanol–water partition coefficient (Wildman–Crippen LogP) is 3.42. The molecule has 0 saturated carbocycles. The van der Waals surface area contributed by atoms with Gasteiger partial charge in [-0.25, -0.2) is 0 Å². The Morgan fingerprint density at radius 2 is 1.71 bits per heavy atom. The van der Waals surface area contributed by atoms with Crippen molar-refractivity contribution < 1.29 is 9.59 Å². The predicted molar refractivity (Wildman–Crippen MR) is 97.1 cm³/mol. The molecule has 0 fully saturated rings. The quantitative estimate of drug-likeness (QED) is 0.855. The lowest BCUT2D eigenvalue weighted by Crippen LogP contribution is -2.33. The van der Waals surface area contributed by atoms with Gasteiger partial charge in [0.05, 0.1) is 13.0 Å². The molecule has 4 heteroatoms. The van der Waals surface area contributed by atoms with E-state index in [4.69, 9.17) is 0 Å². The van der Waals surface area contributed by atoms with Gasteiger partial charge in [0, 0.05) is 5.69 Å². The maximum absolute atomic E-state index is 11.9. The molecule has 0 aliphatic heterocycles. The molecule has 0 saturated heterocycles. The van der Waals surface area contributed by atoms with Crippen LogP contribution in [0.5, 0.6) is 0 Å². The SMILES string of the molecule is Cc1cccc(CC(=O)NCC(=O)Nc2ccc(C(C)C)cc2)c1. The van der Waals surface area contributed by atoms with Crippen LogP contribution < -0.4 is 10.6 Å². The van der Waals surface area contributed by atoms with Crippen LogP contribution in [0.2, 0.25) is 0 Å². The summed E-state index contributed by atoms with van der Waals surface area (Å²) >= 11 is 0. The van der Waals surface area contributed by atoms with Crippen molar-refractivity contribution in [3.8, 4) is 0 Å². The summed E-state index contributed by atoms with van der Waals surface area (Å²) in [5.74, 6) is 0.0615. The minimum absolute atomic E-state index is 0.0312. The molecule has 0 atom stereocenters. The molecule has 0 bridgehead atoms. The second-order valence-electron chi connectivity index (χ2n) is 6.27. The largest absolute Gasteiger partial charge is 0.347 e. The highest BCUT2D eigenvalue weighted by Gasteiger charge is 2.07. The highest BCUT2D eigenvalue weighted by Crippen LogP contribution is 2.16. The molecule has 0 heterocycles. The highest BCUT2D eigenvalue weighted by molar-refractivity contribution is 5.94. The molecule has 2 N–H and O–H groups in total. The van der Waals surface area contributed by atoms with Crippen molar-refractivity contribution in [3.05, 3.63) is 65.2 Å². The lowest BCUT2D eigenvalue weighted by atomic mass is 10.0. The number of nitrogens with one attached hydrogen (secondary N) is 2. The molecule has 2 aromatic carbocycles. The minimum atomic E-state index is -0.232. The molecular formula is C20H24N2O2. The lowest BCUT2D eigenvalue weighted by Gasteiger charge is -2.09. The monoisotopic (exact) mass is 324 g/mol. The van der Waals surface area contributed by atoms with Crippen LogP contribution >= 0.6 is 0 Å². The first-order valence-corrected chi connectivity index (χ1v) is 8.16. The molecule has 24 heavy (non-hydrogen) atoms. The van der Waals surface area contributed by atoms with E-state index >= 15 is 0 Å². The average molecular weight is 324 g/mol. The average Bonchev–Trinajstić information content (AvgIpc) is 2.53. The number of carbonyl (C=O) groups is 2. The Balaban J connectivity index is 1.79. The van der Waals surface area contributed by atoms with Crippen molar-refractivity contribution in [2.24, 2.45) is 0 Å². The zero-order valence-corrected chi connectivity index (χ0v) is 14.4. The van der Waals surface area contributed by atoms with Gasteiger partial charge in [0.25, 0.3) is 0 Å². The number of benzene rings is 2. The molecule has 2 aromatic rings. The minimum Gasteiger partial charge on any atom is -0.347 e. The molecule has 0 unspecified atom stereocenters. The number of rotatable bonds is 6. The van der Waals surface area contributed by atoms with Gasteiger partial charge in [-0.05, 0) is 36.1 Å². The van der Waals surface area contributed by atoms with Crippen molar-refractivity contribution in [3.63, 3.8) is 0 Å². The Bertz CT molecular complexity index is 706. The fourth-order valence-corrected chi connectivity index (χ4v) is 2.41. The summed E-state index contributed by atoms with van der Waals surface area (Å²) in [6.07, 6.45) is 0.276. The Morgan fingerprint density at radius 3 is 2.33 bits per heavy atom. The summed E-state index contributed by atoms with van der Waals surface area (Å²) in [5.41, 5.74) is 4.01. The van der Waals surface area contributed by atoms with E-state index in [2.05, 4.69) is 24.5 Å². The molecule has 0 spiro atoms. The van der Waals surface area contributed by atoms with Crippen LogP contribution in [0.3, 0.4) is 0 Å². The summed E-state index contributed by atoms with van der Waals surface area (Å²) in [7, 11) is 0. The zero-order chi connectivity index (χ0) is 17.5. The fraction of sp³-hybridized carbons (Fsp3) is 0.300. The first-order valence-electron chi connectivity index (χ1n) is 8.16. The summed E-state index contributed by atoms with van der Waals surface area (Å²) < 4.78 is 0. The van der Waals surface area contributed by atoms with Crippen LogP contribution in [0, 0.1) is 6.92 Å². The van der Waals surface area contributed by atoms with Crippen LogP contribution in [-0.4, -0.2) is 18.4 Å². The van der Waals surface area contributed by atoms with Gasteiger partial charge in [-0.15, -0.1) is 0 Å². The van der Waals surface area contributed by atoms with Crippen molar-refractivity contribution >= 4 is 17.5 Å². The first kappa shape index (κ1) is 17.7. The van der Waals surface area contributed by atoms with Crippen molar-refractivity contribution in [1.29, 1.82) is 0 Å². The molecule has 0 aromatic heterocycles. The van der Waals surface area contributed by atoms with E-state index in [1.807, 2.05) is 55.5 Å². The first-order chi connectivity index (χ1) is 11.4. The molecule has 0 aliphatic rings. The molecule has 4 nitrogen and oxygen atoms in total. The molecule has 126 valence electrons. The van der Waals surface area contributed by atoms with E-state index in [1.165, 1.54) is 5.56 Å². The van der Waals surface area contributed by atoms with E-state index < -0.39 is 0 Å². The third-order valence-electron chi connectivity index (χ3n) is 3.75. The molecule has 0 aliphatic carbocycles.